The molecule has 1 aromatic rings. The van der Waals surface area contributed by atoms with Gasteiger partial charge in [-0.05, 0) is 68.8 Å². The lowest BCUT2D eigenvalue weighted by Crippen LogP contribution is -2.48. The fourth-order valence-corrected chi connectivity index (χ4v) is 4.76. The number of ether oxygens (including phenoxy) is 2. The lowest BCUT2D eigenvalue weighted by atomic mass is 9.74. The van der Waals surface area contributed by atoms with E-state index in [1.54, 1.807) is 0 Å². The first-order chi connectivity index (χ1) is 9.62. The summed E-state index contributed by atoms with van der Waals surface area (Å²) in [7, 11) is 0. The van der Waals surface area contributed by atoms with Crippen LogP contribution in [0.3, 0.4) is 0 Å². The van der Waals surface area contributed by atoms with Crippen LogP contribution < -0.4 is 4.74 Å². The van der Waals surface area contributed by atoms with Gasteiger partial charge in [0.25, 0.3) is 0 Å². The van der Waals surface area contributed by atoms with Gasteiger partial charge in [0, 0.05) is 18.2 Å². The van der Waals surface area contributed by atoms with Gasteiger partial charge in [0.05, 0.1) is 21.2 Å². The fourth-order valence-electron chi connectivity index (χ4n) is 2.97. The average Bonchev–Trinajstić information content (AvgIpc) is 2.41. The van der Waals surface area contributed by atoms with Gasteiger partial charge in [0.1, 0.15) is 11.9 Å². The third kappa shape index (κ3) is 3.11. The smallest absolute Gasteiger partial charge is 0.148 e. The van der Waals surface area contributed by atoms with Crippen molar-refractivity contribution < 1.29 is 9.47 Å². The first-order valence-corrected chi connectivity index (χ1v) is 9.67. The zero-order valence-electron chi connectivity index (χ0n) is 11.1. The maximum absolute atomic E-state index is 6.26. The topological polar surface area (TPSA) is 18.5 Å². The Morgan fingerprint density at radius 3 is 2.50 bits per heavy atom. The van der Waals surface area contributed by atoms with Gasteiger partial charge in [-0.3, -0.25) is 0 Å². The Balaban J connectivity index is 1.74. The number of hydrogen-bond donors (Lipinski definition) is 0. The van der Waals surface area contributed by atoms with E-state index in [-0.39, 0.29) is 11.7 Å². The van der Waals surface area contributed by atoms with Gasteiger partial charge in [-0.2, -0.15) is 0 Å². The minimum Gasteiger partial charge on any atom is -0.488 e. The summed E-state index contributed by atoms with van der Waals surface area (Å²) in [5.41, 5.74) is 1.34. The molecule has 1 aromatic carbocycles. The Bertz CT molecular complexity index is 477. The molecule has 1 aliphatic heterocycles. The molecular weight excluding hydrogens is 452 g/mol. The second kappa shape index (κ2) is 6.27. The zero-order valence-corrected chi connectivity index (χ0v) is 15.9. The lowest BCUT2D eigenvalue weighted by Gasteiger charge is -2.47. The molecule has 0 bridgehead atoms. The second-order valence-electron chi connectivity index (χ2n) is 5.64. The summed E-state index contributed by atoms with van der Waals surface area (Å²) in [5, 5.41) is 0.838. The average molecular weight is 469 g/mol. The highest BCUT2D eigenvalue weighted by atomic mass is 79.9. The first-order valence-electron chi connectivity index (χ1n) is 6.96. The van der Waals surface area contributed by atoms with Crippen molar-refractivity contribution in [3.05, 3.63) is 26.6 Å². The van der Waals surface area contributed by atoms with E-state index in [0.717, 1.165) is 39.5 Å². The molecule has 1 atom stereocenters. The Morgan fingerprint density at radius 1 is 1.25 bits per heavy atom. The van der Waals surface area contributed by atoms with Crippen LogP contribution in [-0.4, -0.2) is 18.3 Å². The van der Waals surface area contributed by atoms with Gasteiger partial charge < -0.3 is 9.47 Å². The minimum atomic E-state index is 0.123. The number of benzene rings is 1. The zero-order chi connectivity index (χ0) is 14.2. The van der Waals surface area contributed by atoms with Crippen molar-refractivity contribution in [3.8, 4) is 5.75 Å². The van der Waals surface area contributed by atoms with Gasteiger partial charge >= 0.3 is 0 Å². The highest BCUT2D eigenvalue weighted by molar-refractivity contribution is 9.11. The summed E-state index contributed by atoms with van der Waals surface area (Å²) in [6.07, 6.45) is 5.93. The molecule has 20 heavy (non-hydrogen) atoms. The summed E-state index contributed by atoms with van der Waals surface area (Å²) < 4.78 is 14.2. The third-order valence-corrected chi connectivity index (χ3v) is 6.03. The molecule has 110 valence electrons. The van der Waals surface area contributed by atoms with Crippen LogP contribution in [0.4, 0.5) is 0 Å². The Kier molecular flexibility index (Phi) is 4.80. The summed E-state index contributed by atoms with van der Waals surface area (Å²) in [6, 6.07) is 4.21. The monoisotopic (exact) mass is 466 g/mol. The fraction of sp³-hybridized carbons (Fsp3) is 0.600. The molecule has 1 saturated carbocycles. The number of rotatable bonds is 3. The molecule has 1 unspecified atom stereocenters. The normalized spacial score (nSPS) is 24.4. The molecule has 2 nitrogen and oxygen atoms in total. The quantitative estimate of drug-likeness (QED) is 0.538. The Morgan fingerprint density at radius 2 is 1.95 bits per heavy atom. The van der Waals surface area contributed by atoms with E-state index < -0.39 is 0 Å². The van der Waals surface area contributed by atoms with E-state index in [9.17, 15) is 0 Å². The summed E-state index contributed by atoms with van der Waals surface area (Å²) >= 11 is 10.7. The van der Waals surface area contributed by atoms with Crippen LogP contribution in [0.1, 0.15) is 37.7 Å². The van der Waals surface area contributed by atoms with E-state index in [4.69, 9.17) is 9.47 Å². The van der Waals surface area contributed by atoms with Crippen LogP contribution in [0.2, 0.25) is 0 Å². The summed E-state index contributed by atoms with van der Waals surface area (Å²) in [5.74, 6) is 0.913. The highest BCUT2D eigenvalue weighted by Crippen LogP contribution is 2.44. The van der Waals surface area contributed by atoms with Crippen LogP contribution in [0.15, 0.2) is 21.1 Å². The Hall–Kier alpha value is 0.420. The maximum Gasteiger partial charge on any atom is 0.148 e. The van der Waals surface area contributed by atoms with Crippen molar-refractivity contribution in [2.45, 2.75) is 49.1 Å². The largest absolute Gasteiger partial charge is 0.488 e. The maximum atomic E-state index is 6.26. The molecule has 2 fully saturated rings. The van der Waals surface area contributed by atoms with Crippen molar-refractivity contribution >= 4 is 47.8 Å². The van der Waals surface area contributed by atoms with Crippen molar-refractivity contribution in [2.75, 3.05) is 6.61 Å². The van der Waals surface area contributed by atoms with E-state index >= 15 is 0 Å². The van der Waals surface area contributed by atoms with Gasteiger partial charge in [-0.25, -0.2) is 0 Å². The van der Waals surface area contributed by atoms with Crippen LogP contribution >= 0.6 is 47.8 Å². The second-order valence-corrected chi connectivity index (χ2v) is 7.91. The molecule has 1 spiro atoms. The predicted molar refractivity (Wildman–Crippen MR) is 90.7 cm³/mol. The van der Waals surface area contributed by atoms with Gasteiger partial charge in [0.2, 0.25) is 0 Å². The van der Waals surface area contributed by atoms with E-state index in [0.29, 0.717) is 0 Å². The van der Waals surface area contributed by atoms with E-state index in [1.807, 2.05) is 0 Å². The predicted octanol–water partition coefficient (Wildman–Crippen LogP) is 5.59. The number of alkyl halides is 1. The van der Waals surface area contributed by atoms with Crippen molar-refractivity contribution in [1.82, 2.24) is 0 Å². The SMILES string of the molecule is BrCc1cc(Br)c(OC2CCOC3(CCC3)C2)c(Br)c1. The standard InChI is InChI=1S/C15H17Br3O2/c16-9-10-6-12(17)14(13(18)7-10)20-11-2-5-19-15(8-11)3-1-4-15/h6-7,11H,1-5,8-9H2. The highest BCUT2D eigenvalue weighted by Gasteiger charge is 2.43. The molecule has 5 heteroatoms. The molecule has 0 aromatic heterocycles. The third-order valence-electron chi connectivity index (χ3n) is 4.21. The summed E-state index contributed by atoms with van der Waals surface area (Å²) in [4.78, 5) is 0. The molecule has 3 rings (SSSR count). The molecule has 1 saturated heterocycles. The van der Waals surface area contributed by atoms with Gasteiger partial charge in [-0.1, -0.05) is 15.9 Å². The molecule has 0 radical (unpaired) electrons. The van der Waals surface area contributed by atoms with Crippen molar-refractivity contribution in [2.24, 2.45) is 0 Å². The first kappa shape index (κ1) is 15.3. The van der Waals surface area contributed by atoms with Crippen LogP contribution in [0, 0.1) is 0 Å². The molecule has 0 N–H and O–H groups in total. The van der Waals surface area contributed by atoms with Crippen molar-refractivity contribution in [3.63, 3.8) is 0 Å². The van der Waals surface area contributed by atoms with Crippen LogP contribution in [0.5, 0.6) is 5.75 Å². The van der Waals surface area contributed by atoms with Crippen LogP contribution in [0.25, 0.3) is 0 Å². The van der Waals surface area contributed by atoms with Gasteiger partial charge in [0.15, 0.2) is 0 Å². The molecule has 2 aliphatic rings. The summed E-state index contributed by atoms with van der Waals surface area (Å²) in [6.45, 7) is 0.819. The molecule has 0 amide bonds. The lowest BCUT2D eigenvalue weighted by molar-refractivity contribution is -0.153. The molecule has 1 heterocycles. The molecule has 1 aliphatic carbocycles. The number of halogens is 3. The van der Waals surface area contributed by atoms with Gasteiger partial charge in [-0.15, -0.1) is 0 Å². The van der Waals surface area contributed by atoms with E-state index in [2.05, 4.69) is 59.9 Å². The Labute approximate surface area is 145 Å². The van der Waals surface area contributed by atoms with Crippen molar-refractivity contribution in [1.29, 1.82) is 0 Å². The van der Waals surface area contributed by atoms with E-state index in [1.165, 1.54) is 24.8 Å². The minimum absolute atomic E-state index is 0.123. The molecular formula is C15H17Br3O2. The number of hydrogen-bond acceptors (Lipinski definition) is 2. The van der Waals surface area contributed by atoms with Crippen LogP contribution in [-0.2, 0) is 10.1 Å².